The van der Waals surface area contributed by atoms with Gasteiger partial charge in [0, 0.05) is 19.2 Å². The number of halogens is 1. The van der Waals surface area contributed by atoms with Crippen molar-refractivity contribution in [2.24, 2.45) is 5.73 Å². The van der Waals surface area contributed by atoms with Crippen LogP contribution in [0.25, 0.3) is 0 Å². The molecule has 2 aromatic rings. The van der Waals surface area contributed by atoms with Crippen LogP contribution in [0.15, 0.2) is 30.5 Å². The summed E-state index contributed by atoms with van der Waals surface area (Å²) in [4.78, 5) is 0. The van der Waals surface area contributed by atoms with Crippen molar-refractivity contribution in [3.05, 3.63) is 53.1 Å². The maximum atomic E-state index is 12.7. The lowest BCUT2D eigenvalue weighted by molar-refractivity contribution is 0.627. The molecule has 0 amide bonds. The van der Waals surface area contributed by atoms with Crippen molar-refractivity contribution in [2.45, 2.75) is 13.0 Å². The maximum Gasteiger partial charge on any atom is 0.123 e. The molecule has 1 aromatic carbocycles. The zero-order valence-corrected chi connectivity index (χ0v) is 8.20. The van der Waals surface area contributed by atoms with Crippen molar-refractivity contribution in [3.8, 4) is 0 Å². The number of benzene rings is 1. The van der Waals surface area contributed by atoms with Gasteiger partial charge in [-0.05, 0) is 23.3 Å². The van der Waals surface area contributed by atoms with Crippen molar-refractivity contribution < 1.29 is 4.39 Å². The summed E-state index contributed by atoms with van der Waals surface area (Å²) in [5.41, 5.74) is 8.50. The summed E-state index contributed by atoms with van der Waals surface area (Å²) >= 11 is 0. The molecule has 0 radical (unpaired) electrons. The second kappa shape index (κ2) is 4.23. The van der Waals surface area contributed by atoms with E-state index in [0.717, 1.165) is 23.2 Å². The third-order valence-corrected chi connectivity index (χ3v) is 2.31. The number of hydrogen-bond donors (Lipinski definition) is 2. The topological polar surface area (TPSA) is 54.7 Å². The fraction of sp³-hybridized carbons (Fsp3) is 0.182. The van der Waals surface area contributed by atoms with Crippen LogP contribution in [0.2, 0.25) is 0 Å². The average Bonchev–Trinajstić information content (AvgIpc) is 2.69. The highest BCUT2D eigenvalue weighted by atomic mass is 19.1. The number of aromatic nitrogens is 2. The highest BCUT2D eigenvalue weighted by Gasteiger charge is 2.04. The minimum atomic E-state index is -0.218. The Labute approximate surface area is 87.1 Å². The van der Waals surface area contributed by atoms with E-state index in [1.54, 1.807) is 12.1 Å². The monoisotopic (exact) mass is 205 g/mol. The van der Waals surface area contributed by atoms with E-state index in [4.69, 9.17) is 5.73 Å². The van der Waals surface area contributed by atoms with Gasteiger partial charge >= 0.3 is 0 Å². The molecule has 1 heterocycles. The Morgan fingerprint density at radius 1 is 1.27 bits per heavy atom. The summed E-state index contributed by atoms with van der Waals surface area (Å²) in [5, 5.41) is 6.80. The van der Waals surface area contributed by atoms with Gasteiger partial charge in [0.05, 0.1) is 5.69 Å². The lowest BCUT2D eigenvalue weighted by Crippen LogP contribution is -2.01. The summed E-state index contributed by atoms with van der Waals surface area (Å²) in [6.07, 6.45) is 2.55. The van der Waals surface area contributed by atoms with Gasteiger partial charge in [0.25, 0.3) is 0 Å². The summed E-state index contributed by atoms with van der Waals surface area (Å²) in [6, 6.07) is 6.44. The fourth-order valence-corrected chi connectivity index (χ4v) is 1.50. The SMILES string of the molecule is NCc1n[nH]cc1Cc1ccc(F)cc1. The van der Waals surface area contributed by atoms with Crippen LogP contribution >= 0.6 is 0 Å². The number of H-pyrrole nitrogens is 1. The van der Waals surface area contributed by atoms with Crippen LogP contribution < -0.4 is 5.73 Å². The normalized spacial score (nSPS) is 10.5. The van der Waals surface area contributed by atoms with E-state index in [1.165, 1.54) is 12.1 Å². The number of nitrogens with one attached hydrogen (secondary N) is 1. The number of rotatable bonds is 3. The van der Waals surface area contributed by atoms with Crippen LogP contribution in [0.1, 0.15) is 16.8 Å². The summed E-state index contributed by atoms with van der Waals surface area (Å²) in [6.45, 7) is 0.417. The molecule has 0 aliphatic rings. The molecule has 2 rings (SSSR count). The van der Waals surface area contributed by atoms with E-state index in [2.05, 4.69) is 10.2 Å². The molecule has 4 heteroatoms. The van der Waals surface area contributed by atoms with Gasteiger partial charge < -0.3 is 5.73 Å². The molecule has 3 nitrogen and oxygen atoms in total. The molecule has 3 N–H and O–H groups in total. The maximum absolute atomic E-state index is 12.7. The Bertz CT molecular complexity index is 433. The fourth-order valence-electron chi connectivity index (χ4n) is 1.50. The van der Waals surface area contributed by atoms with Crippen LogP contribution in [0.4, 0.5) is 4.39 Å². The number of hydrogen-bond acceptors (Lipinski definition) is 2. The Kier molecular flexibility index (Phi) is 2.78. The van der Waals surface area contributed by atoms with Gasteiger partial charge in [0.15, 0.2) is 0 Å². The van der Waals surface area contributed by atoms with Gasteiger partial charge in [-0.2, -0.15) is 5.10 Å². The zero-order valence-electron chi connectivity index (χ0n) is 8.20. The standard InChI is InChI=1S/C11H12FN3/c12-10-3-1-8(2-4-10)5-9-7-14-15-11(9)6-13/h1-4,7H,5-6,13H2,(H,14,15). The molecule has 0 saturated heterocycles. The minimum Gasteiger partial charge on any atom is -0.325 e. The first-order valence-corrected chi connectivity index (χ1v) is 4.75. The van der Waals surface area contributed by atoms with Gasteiger partial charge in [-0.15, -0.1) is 0 Å². The molecule has 0 aliphatic heterocycles. The molecule has 0 bridgehead atoms. The molecule has 0 unspecified atom stereocenters. The second-order valence-electron chi connectivity index (χ2n) is 3.36. The van der Waals surface area contributed by atoms with Crippen LogP contribution in [-0.4, -0.2) is 10.2 Å². The molecular weight excluding hydrogens is 193 g/mol. The smallest absolute Gasteiger partial charge is 0.123 e. The quantitative estimate of drug-likeness (QED) is 0.799. The van der Waals surface area contributed by atoms with Gasteiger partial charge in [-0.3, -0.25) is 5.10 Å². The van der Waals surface area contributed by atoms with E-state index in [0.29, 0.717) is 6.54 Å². The predicted octanol–water partition coefficient (Wildman–Crippen LogP) is 1.60. The van der Waals surface area contributed by atoms with Crippen LogP contribution in [0.5, 0.6) is 0 Å². The predicted molar refractivity (Wildman–Crippen MR) is 55.7 cm³/mol. The second-order valence-corrected chi connectivity index (χ2v) is 3.36. The number of aromatic amines is 1. The van der Waals surface area contributed by atoms with E-state index in [1.807, 2.05) is 6.20 Å². The van der Waals surface area contributed by atoms with Crippen LogP contribution in [0.3, 0.4) is 0 Å². The molecule has 15 heavy (non-hydrogen) atoms. The molecule has 0 fully saturated rings. The average molecular weight is 205 g/mol. The molecule has 0 atom stereocenters. The van der Waals surface area contributed by atoms with Crippen molar-refractivity contribution in [1.82, 2.24) is 10.2 Å². The third-order valence-electron chi connectivity index (χ3n) is 2.31. The lowest BCUT2D eigenvalue weighted by Gasteiger charge is -2.00. The van der Waals surface area contributed by atoms with E-state index >= 15 is 0 Å². The molecular formula is C11H12FN3. The van der Waals surface area contributed by atoms with E-state index in [9.17, 15) is 4.39 Å². The van der Waals surface area contributed by atoms with Crippen molar-refractivity contribution in [3.63, 3.8) is 0 Å². The third kappa shape index (κ3) is 2.22. The van der Waals surface area contributed by atoms with E-state index < -0.39 is 0 Å². The Morgan fingerprint density at radius 2 is 2.00 bits per heavy atom. The molecule has 0 aliphatic carbocycles. The van der Waals surface area contributed by atoms with Crippen molar-refractivity contribution in [2.75, 3.05) is 0 Å². The van der Waals surface area contributed by atoms with Crippen LogP contribution in [0, 0.1) is 5.82 Å². The Morgan fingerprint density at radius 3 is 2.67 bits per heavy atom. The summed E-state index contributed by atoms with van der Waals surface area (Å²) in [7, 11) is 0. The zero-order chi connectivity index (χ0) is 10.7. The highest BCUT2D eigenvalue weighted by Crippen LogP contribution is 2.12. The van der Waals surface area contributed by atoms with Gasteiger partial charge in [0.1, 0.15) is 5.82 Å². The minimum absolute atomic E-state index is 0.218. The number of nitrogens with zero attached hydrogens (tertiary/aromatic N) is 1. The molecule has 78 valence electrons. The Balaban J connectivity index is 2.18. The van der Waals surface area contributed by atoms with Crippen LogP contribution in [-0.2, 0) is 13.0 Å². The van der Waals surface area contributed by atoms with Crippen molar-refractivity contribution in [1.29, 1.82) is 0 Å². The van der Waals surface area contributed by atoms with Gasteiger partial charge in [0.2, 0.25) is 0 Å². The van der Waals surface area contributed by atoms with Gasteiger partial charge in [-0.25, -0.2) is 4.39 Å². The van der Waals surface area contributed by atoms with Crippen molar-refractivity contribution >= 4 is 0 Å². The first kappa shape index (κ1) is 9.86. The highest BCUT2D eigenvalue weighted by molar-refractivity contribution is 5.27. The van der Waals surface area contributed by atoms with E-state index in [-0.39, 0.29) is 5.82 Å². The Hall–Kier alpha value is -1.68. The lowest BCUT2D eigenvalue weighted by atomic mass is 10.1. The molecule has 0 spiro atoms. The first-order valence-electron chi connectivity index (χ1n) is 4.75. The number of nitrogens with two attached hydrogens (primary N) is 1. The molecule has 1 aromatic heterocycles. The largest absolute Gasteiger partial charge is 0.325 e. The van der Waals surface area contributed by atoms with Gasteiger partial charge in [-0.1, -0.05) is 12.1 Å². The summed E-state index contributed by atoms with van der Waals surface area (Å²) < 4.78 is 12.7. The molecule has 0 saturated carbocycles. The summed E-state index contributed by atoms with van der Waals surface area (Å²) in [5.74, 6) is -0.218. The first-order chi connectivity index (χ1) is 7.29.